The first-order valence-electron chi connectivity index (χ1n) is 6.95. The summed E-state index contributed by atoms with van der Waals surface area (Å²) in [5, 5.41) is 6.12. The van der Waals surface area contributed by atoms with Gasteiger partial charge in [0.25, 0.3) is 0 Å². The minimum Gasteiger partial charge on any atom is -0.338 e. The Morgan fingerprint density at radius 1 is 1.09 bits per heavy atom. The second-order valence-corrected chi connectivity index (χ2v) is 5.33. The van der Waals surface area contributed by atoms with Crippen LogP contribution in [0.2, 0.25) is 5.02 Å². The molecule has 5 heteroatoms. The van der Waals surface area contributed by atoms with E-state index in [9.17, 15) is 9.59 Å². The van der Waals surface area contributed by atoms with Crippen molar-refractivity contribution in [2.75, 3.05) is 11.9 Å². The number of nitrogens with one attached hydrogen (secondary N) is 2. The number of hydrogen-bond donors (Lipinski definition) is 2. The van der Waals surface area contributed by atoms with Gasteiger partial charge in [0.15, 0.2) is 5.78 Å². The summed E-state index contributed by atoms with van der Waals surface area (Å²) in [4.78, 5) is 23.1. The largest absolute Gasteiger partial charge is 0.338 e. The van der Waals surface area contributed by atoms with Gasteiger partial charge in [-0.15, -0.1) is 0 Å². The number of Topliss-reactive ketones (excluding diaryl/α,β-unsaturated/α-hetero) is 1. The fourth-order valence-electron chi connectivity index (χ4n) is 1.97. The van der Waals surface area contributed by atoms with Crippen molar-refractivity contribution in [3.8, 4) is 0 Å². The highest BCUT2D eigenvalue weighted by molar-refractivity contribution is 6.30. The summed E-state index contributed by atoms with van der Waals surface area (Å²) in [7, 11) is 0. The summed E-state index contributed by atoms with van der Waals surface area (Å²) in [6, 6.07) is 14.0. The highest BCUT2D eigenvalue weighted by atomic mass is 35.5. The second kappa shape index (κ2) is 7.61. The fourth-order valence-corrected chi connectivity index (χ4v) is 2.10. The van der Waals surface area contributed by atoms with Gasteiger partial charge in [-0.1, -0.05) is 29.8 Å². The maximum Gasteiger partial charge on any atom is 0.319 e. The van der Waals surface area contributed by atoms with Crippen LogP contribution in [0, 0.1) is 0 Å². The Bertz CT molecular complexity index is 669. The van der Waals surface area contributed by atoms with Gasteiger partial charge in [0.05, 0.1) is 0 Å². The molecule has 0 aliphatic rings. The van der Waals surface area contributed by atoms with Crippen LogP contribution in [0.25, 0.3) is 0 Å². The lowest BCUT2D eigenvalue weighted by Crippen LogP contribution is -2.30. The maximum atomic E-state index is 11.8. The molecule has 2 rings (SSSR count). The third-order valence-corrected chi connectivity index (χ3v) is 3.39. The van der Waals surface area contributed by atoms with Crippen molar-refractivity contribution in [2.24, 2.45) is 0 Å². The van der Waals surface area contributed by atoms with Gasteiger partial charge in [0.2, 0.25) is 0 Å². The molecule has 2 aromatic rings. The summed E-state index contributed by atoms with van der Waals surface area (Å²) in [5.74, 6) is 0.0373. The molecule has 0 bridgehead atoms. The maximum absolute atomic E-state index is 11.8. The molecule has 0 atom stereocenters. The molecule has 114 valence electrons. The lowest BCUT2D eigenvalue weighted by Gasteiger charge is -2.08. The summed E-state index contributed by atoms with van der Waals surface area (Å²) in [6.07, 6.45) is 0.662. The van der Waals surface area contributed by atoms with E-state index in [1.165, 1.54) is 6.92 Å². The number of carbonyl (C=O) groups excluding carboxylic acids is 2. The quantitative estimate of drug-likeness (QED) is 0.822. The van der Waals surface area contributed by atoms with E-state index < -0.39 is 0 Å². The predicted octanol–water partition coefficient (Wildman–Crippen LogP) is 3.91. The summed E-state index contributed by atoms with van der Waals surface area (Å²) < 4.78 is 0. The van der Waals surface area contributed by atoms with Crippen LogP contribution in [0.1, 0.15) is 22.8 Å². The molecule has 4 nitrogen and oxygen atoms in total. The van der Waals surface area contributed by atoms with Crippen molar-refractivity contribution < 1.29 is 9.59 Å². The van der Waals surface area contributed by atoms with E-state index in [0.29, 0.717) is 29.2 Å². The zero-order valence-corrected chi connectivity index (χ0v) is 13.0. The van der Waals surface area contributed by atoms with Crippen LogP contribution in [0.15, 0.2) is 48.5 Å². The van der Waals surface area contributed by atoms with Crippen LogP contribution in [0.4, 0.5) is 10.5 Å². The minimum atomic E-state index is -0.273. The smallest absolute Gasteiger partial charge is 0.319 e. The molecule has 2 N–H and O–H groups in total. The van der Waals surface area contributed by atoms with Crippen LogP contribution in [-0.2, 0) is 6.42 Å². The van der Waals surface area contributed by atoms with E-state index >= 15 is 0 Å². The first kappa shape index (κ1) is 16.0. The van der Waals surface area contributed by atoms with Crippen molar-refractivity contribution in [1.82, 2.24) is 5.32 Å². The topological polar surface area (TPSA) is 58.2 Å². The number of amides is 2. The molecule has 0 unspecified atom stereocenters. The zero-order chi connectivity index (χ0) is 15.9. The van der Waals surface area contributed by atoms with E-state index in [0.717, 1.165) is 5.56 Å². The Labute approximate surface area is 134 Å². The van der Waals surface area contributed by atoms with Gasteiger partial charge in [-0.2, -0.15) is 0 Å². The van der Waals surface area contributed by atoms with E-state index in [-0.39, 0.29) is 11.8 Å². The molecule has 2 aromatic carbocycles. The number of rotatable bonds is 5. The predicted molar refractivity (Wildman–Crippen MR) is 88.6 cm³/mol. The van der Waals surface area contributed by atoms with Crippen LogP contribution in [0.5, 0.6) is 0 Å². The zero-order valence-electron chi connectivity index (χ0n) is 12.2. The lowest BCUT2D eigenvalue weighted by atomic mass is 10.1. The molecule has 0 heterocycles. The minimum absolute atomic E-state index is 0.0373. The van der Waals surface area contributed by atoms with Crippen molar-refractivity contribution >= 4 is 29.1 Å². The Balaban J connectivity index is 1.80. The standard InChI is InChI=1S/C17H17ClN2O2/c1-12(21)14-4-2-3-13(11-14)9-10-19-17(22)20-16-7-5-15(18)6-8-16/h2-8,11H,9-10H2,1H3,(H2,19,20,22). The number of carbonyl (C=O) groups is 2. The normalized spacial score (nSPS) is 10.1. The summed E-state index contributed by atoms with van der Waals surface area (Å²) in [6.45, 7) is 2.03. The molecule has 0 aliphatic heterocycles. The van der Waals surface area contributed by atoms with Crippen LogP contribution in [-0.4, -0.2) is 18.4 Å². The second-order valence-electron chi connectivity index (χ2n) is 4.89. The number of hydrogen-bond acceptors (Lipinski definition) is 2. The van der Waals surface area contributed by atoms with E-state index in [1.807, 2.05) is 18.2 Å². The lowest BCUT2D eigenvalue weighted by molar-refractivity contribution is 0.101. The SMILES string of the molecule is CC(=O)c1cccc(CCNC(=O)Nc2ccc(Cl)cc2)c1. The van der Waals surface area contributed by atoms with Crippen molar-refractivity contribution in [3.63, 3.8) is 0 Å². The van der Waals surface area contributed by atoms with Crippen molar-refractivity contribution in [2.45, 2.75) is 13.3 Å². The Morgan fingerprint density at radius 3 is 2.50 bits per heavy atom. The number of halogens is 1. The number of urea groups is 1. The highest BCUT2D eigenvalue weighted by Gasteiger charge is 2.03. The van der Waals surface area contributed by atoms with Gasteiger partial charge in [-0.25, -0.2) is 4.79 Å². The van der Waals surface area contributed by atoms with E-state index in [2.05, 4.69) is 10.6 Å². The Hall–Kier alpha value is -2.33. The molecule has 0 spiro atoms. The molecule has 0 saturated heterocycles. The van der Waals surface area contributed by atoms with Crippen LogP contribution in [0.3, 0.4) is 0 Å². The molecule has 0 aromatic heterocycles. The van der Waals surface area contributed by atoms with Gasteiger partial charge < -0.3 is 10.6 Å². The molecular formula is C17H17ClN2O2. The monoisotopic (exact) mass is 316 g/mol. The number of anilines is 1. The first-order chi connectivity index (χ1) is 10.5. The number of ketones is 1. The van der Waals surface area contributed by atoms with Crippen molar-refractivity contribution in [3.05, 3.63) is 64.7 Å². The molecular weight excluding hydrogens is 300 g/mol. The van der Waals surface area contributed by atoms with E-state index in [1.54, 1.807) is 30.3 Å². The summed E-state index contributed by atoms with van der Waals surface area (Å²) >= 11 is 5.78. The molecule has 0 aliphatic carbocycles. The third-order valence-electron chi connectivity index (χ3n) is 3.13. The van der Waals surface area contributed by atoms with Gasteiger partial charge in [0, 0.05) is 22.8 Å². The Kier molecular flexibility index (Phi) is 5.55. The third kappa shape index (κ3) is 4.90. The average molecular weight is 317 g/mol. The molecule has 2 amide bonds. The molecule has 0 saturated carbocycles. The first-order valence-corrected chi connectivity index (χ1v) is 7.33. The van der Waals surface area contributed by atoms with E-state index in [4.69, 9.17) is 11.6 Å². The fraction of sp³-hybridized carbons (Fsp3) is 0.176. The number of benzene rings is 2. The molecule has 0 fully saturated rings. The highest BCUT2D eigenvalue weighted by Crippen LogP contribution is 2.13. The van der Waals surface area contributed by atoms with Gasteiger partial charge in [-0.3, -0.25) is 4.79 Å². The molecule has 22 heavy (non-hydrogen) atoms. The van der Waals surface area contributed by atoms with Gasteiger partial charge >= 0.3 is 6.03 Å². The molecule has 0 radical (unpaired) electrons. The summed E-state index contributed by atoms with van der Waals surface area (Å²) in [5.41, 5.74) is 2.38. The van der Waals surface area contributed by atoms with Gasteiger partial charge in [-0.05, 0) is 49.2 Å². The van der Waals surface area contributed by atoms with Crippen molar-refractivity contribution in [1.29, 1.82) is 0 Å². The van der Waals surface area contributed by atoms with Gasteiger partial charge in [0.1, 0.15) is 0 Å². The van der Waals surface area contributed by atoms with Crippen LogP contribution < -0.4 is 10.6 Å². The van der Waals surface area contributed by atoms with Crippen LogP contribution >= 0.6 is 11.6 Å². The Morgan fingerprint density at radius 2 is 1.82 bits per heavy atom. The average Bonchev–Trinajstić information content (AvgIpc) is 2.50.